The van der Waals surface area contributed by atoms with Crippen LogP contribution in [0.1, 0.15) is 22.9 Å². The zero-order chi connectivity index (χ0) is 14.7. The van der Waals surface area contributed by atoms with Crippen molar-refractivity contribution in [3.63, 3.8) is 0 Å². The molecule has 0 aromatic heterocycles. The standard InChI is InChI=1S/C15H12Br2Cl2O/c1-2-20-14-8-12(18)10(7-13(14)19)15(17)9-5-3-4-6-11(9)16/h3-8,15H,2H2,1H3. The van der Waals surface area contributed by atoms with Crippen molar-refractivity contribution in [3.8, 4) is 5.75 Å². The lowest BCUT2D eigenvalue weighted by Crippen LogP contribution is -1.98. The summed E-state index contributed by atoms with van der Waals surface area (Å²) in [7, 11) is 0. The van der Waals surface area contributed by atoms with Gasteiger partial charge in [0.1, 0.15) is 5.75 Å². The molecule has 0 saturated carbocycles. The van der Waals surface area contributed by atoms with E-state index < -0.39 is 0 Å². The Kier molecular flexibility index (Phi) is 5.79. The molecular formula is C15H12Br2Cl2O. The van der Waals surface area contributed by atoms with Gasteiger partial charge in [-0.1, -0.05) is 73.3 Å². The maximum atomic E-state index is 6.35. The van der Waals surface area contributed by atoms with Gasteiger partial charge in [0.2, 0.25) is 0 Å². The van der Waals surface area contributed by atoms with Crippen molar-refractivity contribution in [2.75, 3.05) is 6.61 Å². The second-order valence-corrected chi connectivity index (χ2v) is 6.71. The molecule has 0 amide bonds. The highest BCUT2D eigenvalue weighted by atomic mass is 79.9. The third-order valence-electron chi connectivity index (χ3n) is 2.80. The summed E-state index contributed by atoms with van der Waals surface area (Å²) >= 11 is 19.8. The van der Waals surface area contributed by atoms with Gasteiger partial charge >= 0.3 is 0 Å². The topological polar surface area (TPSA) is 9.23 Å². The van der Waals surface area contributed by atoms with E-state index >= 15 is 0 Å². The second-order valence-electron chi connectivity index (χ2n) is 4.12. The minimum atomic E-state index is -0.0428. The van der Waals surface area contributed by atoms with E-state index in [0.717, 1.165) is 15.6 Å². The third-order valence-corrected chi connectivity index (χ3v) is 5.13. The molecule has 1 nitrogen and oxygen atoms in total. The molecule has 0 heterocycles. The van der Waals surface area contributed by atoms with Crippen LogP contribution in [-0.2, 0) is 0 Å². The zero-order valence-corrected chi connectivity index (χ0v) is 15.4. The van der Waals surface area contributed by atoms with Gasteiger partial charge in [-0.05, 0) is 30.2 Å². The molecule has 0 N–H and O–H groups in total. The monoisotopic (exact) mass is 436 g/mol. The predicted octanol–water partition coefficient (Wildman–Crippen LogP) is 6.64. The van der Waals surface area contributed by atoms with E-state index in [1.54, 1.807) is 6.07 Å². The quantitative estimate of drug-likeness (QED) is 0.486. The van der Waals surface area contributed by atoms with E-state index in [1.807, 2.05) is 37.3 Å². The molecule has 0 aliphatic rings. The average Bonchev–Trinajstić information content (AvgIpc) is 2.42. The summed E-state index contributed by atoms with van der Waals surface area (Å²) in [5.41, 5.74) is 2.00. The molecule has 0 saturated heterocycles. The van der Waals surface area contributed by atoms with E-state index in [4.69, 9.17) is 27.9 Å². The zero-order valence-electron chi connectivity index (χ0n) is 10.7. The van der Waals surface area contributed by atoms with Crippen LogP contribution in [0.4, 0.5) is 0 Å². The Morgan fingerprint density at radius 1 is 1.10 bits per heavy atom. The van der Waals surface area contributed by atoms with Gasteiger partial charge in [0.15, 0.2) is 0 Å². The highest BCUT2D eigenvalue weighted by Gasteiger charge is 2.18. The van der Waals surface area contributed by atoms with Gasteiger partial charge in [-0.3, -0.25) is 0 Å². The second kappa shape index (κ2) is 7.17. The predicted molar refractivity (Wildman–Crippen MR) is 92.5 cm³/mol. The van der Waals surface area contributed by atoms with Crippen molar-refractivity contribution in [1.82, 2.24) is 0 Å². The van der Waals surface area contributed by atoms with E-state index in [1.165, 1.54) is 0 Å². The van der Waals surface area contributed by atoms with Gasteiger partial charge in [0.05, 0.1) is 16.5 Å². The van der Waals surface area contributed by atoms with Crippen molar-refractivity contribution in [1.29, 1.82) is 0 Å². The summed E-state index contributed by atoms with van der Waals surface area (Å²) in [6.07, 6.45) is 0. The summed E-state index contributed by atoms with van der Waals surface area (Å²) in [5, 5.41) is 1.18. The molecule has 20 heavy (non-hydrogen) atoms. The van der Waals surface area contributed by atoms with Crippen molar-refractivity contribution >= 4 is 55.1 Å². The molecule has 2 rings (SSSR count). The average molecular weight is 439 g/mol. The van der Waals surface area contributed by atoms with Crippen LogP contribution in [-0.4, -0.2) is 6.61 Å². The first kappa shape index (κ1) is 16.2. The fourth-order valence-corrected chi connectivity index (χ4v) is 4.07. The van der Waals surface area contributed by atoms with E-state index in [0.29, 0.717) is 22.4 Å². The first-order valence-electron chi connectivity index (χ1n) is 6.04. The van der Waals surface area contributed by atoms with Crippen LogP contribution in [0, 0.1) is 0 Å². The van der Waals surface area contributed by atoms with Crippen LogP contribution >= 0.6 is 55.1 Å². The van der Waals surface area contributed by atoms with Crippen LogP contribution in [0.25, 0.3) is 0 Å². The van der Waals surface area contributed by atoms with Crippen molar-refractivity contribution in [3.05, 3.63) is 62.0 Å². The SMILES string of the molecule is CCOc1cc(Cl)c(C(Br)c2ccccc2Br)cc1Cl. The highest BCUT2D eigenvalue weighted by Crippen LogP contribution is 2.42. The minimum Gasteiger partial charge on any atom is -0.492 e. The molecule has 2 aromatic rings. The molecule has 1 unspecified atom stereocenters. The first-order chi connectivity index (χ1) is 9.54. The Hall–Kier alpha value is -0.220. The van der Waals surface area contributed by atoms with Crippen LogP contribution in [0.2, 0.25) is 10.0 Å². The maximum absolute atomic E-state index is 6.35. The molecule has 0 radical (unpaired) electrons. The van der Waals surface area contributed by atoms with Gasteiger partial charge in [-0.15, -0.1) is 0 Å². The van der Waals surface area contributed by atoms with E-state index in [2.05, 4.69) is 31.9 Å². The highest BCUT2D eigenvalue weighted by molar-refractivity contribution is 9.11. The van der Waals surface area contributed by atoms with Gasteiger partial charge in [-0.2, -0.15) is 0 Å². The van der Waals surface area contributed by atoms with Crippen LogP contribution in [0.15, 0.2) is 40.9 Å². The molecule has 0 spiro atoms. The van der Waals surface area contributed by atoms with E-state index in [9.17, 15) is 0 Å². The molecule has 1 atom stereocenters. The lowest BCUT2D eigenvalue weighted by Gasteiger charge is -2.16. The van der Waals surface area contributed by atoms with Crippen molar-refractivity contribution in [2.45, 2.75) is 11.8 Å². The maximum Gasteiger partial charge on any atom is 0.139 e. The Morgan fingerprint density at radius 3 is 2.45 bits per heavy atom. The summed E-state index contributed by atoms with van der Waals surface area (Å²) in [6.45, 7) is 2.46. The Bertz CT molecular complexity index is 617. The molecule has 0 aliphatic heterocycles. The Balaban J connectivity index is 2.43. The number of hydrogen-bond donors (Lipinski definition) is 0. The number of halogens is 4. The number of rotatable bonds is 4. The Labute approximate surface area is 145 Å². The number of ether oxygens (including phenoxy) is 1. The lowest BCUT2D eigenvalue weighted by atomic mass is 10.0. The van der Waals surface area contributed by atoms with Gasteiger partial charge in [0, 0.05) is 15.6 Å². The van der Waals surface area contributed by atoms with Crippen molar-refractivity contribution < 1.29 is 4.74 Å². The summed E-state index contributed by atoms with van der Waals surface area (Å²) in [6, 6.07) is 11.6. The minimum absolute atomic E-state index is 0.0428. The smallest absolute Gasteiger partial charge is 0.139 e. The Morgan fingerprint density at radius 2 is 1.80 bits per heavy atom. The molecular weight excluding hydrogens is 427 g/mol. The van der Waals surface area contributed by atoms with Crippen LogP contribution in [0.5, 0.6) is 5.75 Å². The lowest BCUT2D eigenvalue weighted by molar-refractivity contribution is 0.340. The summed E-state index contributed by atoms with van der Waals surface area (Å²) in [5.74, 6) is 0.606. The van der Waals surface area contributed by atoms with Gasteiger partial charge in [0.25, 0.3) is 0 Å². The summed E-state index contributed by atoms with van der Waals surface area (Å²) < 4.78 is 6.46. The van der Waals surface area contributed by atoms with Crippen molar-refractivity contribution in [2.24, 2.45) is 0 Å². The molecule has 0 bridgehead atoms. The molecule has 0 fully saturated rings. The molecule has 5 heteroatoms. The van der Waals surface area contributed by atoms with Gasteiger partial charge in [-0.25, -0.2) is 0 Å². The van der Waals surface area contributed by atoms with Crippen LogP contribution < -0.4 is 4.74 Å². The van der Waals surface area contributed by atoms with Gasteiger partial charge < -0.3 is 4.74 Å². The normalized spacial score (nSPS) is 12.2. The number of hydrogen-bond acceptors (Lipinski definition) is 1. The molecule has 106 valence electrons. The molecule has 2 aromatic carbocycles. The first-order valence-corrected chi connectivity index (χ1v) is 8.51. The largest absolute Gasteiger partial charge is 0.492 e. The van der Waals surface area contributed by atoms with E-state index in [-0.39, 0.29) is 4.83 Å². The fraction of sp³-hybridized carbons (Fsp3) is 0.200. The summed E-state index contributed by atoms with van der Waals surface area (Å²) in [4.78, 5) is -0.0428. The van der Waals surface area contributed by atoms with Crippen LogP contribution in [0.3, 0.4) is 0 Å². The number of alkyl halides is 1. The fourth-order valence-electron chi connectivity index (χ4n) is 1.85. The molecule has 0 aliphatic carbocycles. The number of benzene rings is 2. The third kappa shape index (κ3) is 3.51.